The van der Waals surface area contributed by atoms with Crippen LogP contribution in [-0.2, 0) is 11.3 Å². The molecule has 1 spiro atoms. The molecule has 3 heterocycles. The van der Waals surface area contributed by atoms with Gasteiger partial charge in [0.25, 0.3) is 0 Å². The summed E-state index contributed by atoms with van der Waals surface area (Å²) in [5, 5.41) is 14.7. The highest BCUT2D eigenvalue weighted by atomic mass is 32.1. The SMILES string of the molecule is N#Cc1cccc(N[C@@H]2CO[C@@]3(CCN(Cc4cccs4)C3)C2)c1. The molecule has 2 aliphatic rings. The zero-order valence-corrected chi connectivity index (χ0v) is 14.4. The van der Waals surface area contributed by atoms with Crippen LogP contribution < -0.4 is 5.32 Å². The molecule has 2 atom stereocenters. The summed E-state index contributed by atoms with van der Waals surface area (Å²) in [5.74, 6) is 0. The molecule has 4 rings (SSSR count). The van der Waals surface area contributed by atoms with Crippen molar-refractivity contribution in [1.82, 2.24) is 4.90 Å². The van der Waals surface area contributed by atoms with Crippen molar-refractivity contribution in [3.8, 4) is 6.07 Å². The first-order valence-electron chi connectivity index (χ1n) is 8.40. The number of hydrogen-bond acceptors (Lipinski definition) is 5. The first kappa shape index (κ1) is 15.6. The van der Waals surface area contributed by atoms with Crippen LogP contribution >= 0.6 is 11.3 Å². The fourth-order valence-electron chi connectivity index (χ4n) is 3.82. The lowest BCUT2D eigenvalue weighted by molar-refractivity contribution is 0.0120. The van der Waals surface area contributed by atoms with Crippen molar-refractivity contribution >= 4 is 17.0 Å². The molecule has 0 aliphatic carbocycles. The van der Waals surface area contributed by atoms with Gasteiger partial charge in [0.2, 0.25) is 0 Å². The topological polar surface area (TPSA) is 48.3 Å². The number of thiophene rings is 1. The van der Waals surface area contributed by atoms with Gasteiger partial charge in [-0.25, -0.2) is 0 Å². The van der Waals surface area contributed by atoms with Gasteiger partial charge in [0, 0.05) is 36.6 Å². The highest BCUT2D eigenvalue weighted by Gasteiger charge is 2.45. The molecule has 24 heavy (non-hydrogen) atoms. The second-order valence-electron chi connectivity index (χ2n) is 6.77. The number of hydrogen-bond donors (Lipinski definition) is 1. The van der Waals surface area contributed by atoms with E-state index in [4.69, 9.17) is 10.00 Å². The largest absolute Gasteiger partial charge is 0.380 e. The summed E-state index contributed by atoms with van der Waals surface area (Å²) >= 11 is 1.83. The quantitative estimate of drug-likeness (QED) is 0.927. The molecule has 124 valence electrons. The van der Waals surface area contributed by atoms with Crippen LogP contribution in [0.1, 0.15) is 23.3 Å². The number of ether oxygens (including phenoxy) is 1. The van der Waals surface area contributed by atoms with Crippen LogP contribution in [0.25, 0.3) is 0 Å². The average Bonchev–Trinajstić information content (AvgIpc) is 3.32. The van der Waals surface area contributed by atoms with Gasteiger partial charge in [0.05, 0.1) is 29.9 Å². The molecule has 0 unspecified atom stereocenters. The first-order valence-corrected chi connectivity index (χ1v) is 9.28. The molecule has 2 fully saturated rings. The van der Waals surface area contributed by atoms with Crippen molar-refractivity contribution in [2.75, 3.05) is 25.0 Å². The summed E-state index contributed by atoms with van der Waals surface area (Å²) < 4.78 is 6.23. The third-order valence-corrected chi connectivity index (χ3v) is 5.79. The van der Waals surface area contributed by atoms with Crippen LogP contribution in [0, 0.1) is 11.3 Å². The molecule has 5 heteroatoms. The first-order chi connectivity index (χ1) is 11.7. The summed E-state index contributed by atoms with van der Waals surface area (Å²) in [6.07, 6.45) is 2.14. The van der Waals surface area contributed by atoms with E-state index in [0.29, 0.717) is 11.6 Å². The second kappa shape index (κ2) is 6.56. The summed E-state index contributed by atoms with van der Waals surface area (Å²) in [6, 6.07) is 14.5. The minimum absolute atomic E-state index is 0.00175. The minimum Gasteiger partial charge on any atom is -0.380 e. The van der Waals surface area contributed by atoms with Crippen molar-refractivity contribution in [2.24, 2.45) is 0 Å². The molecular weight excluding hydrogens is 318 g/mol. The molecule has 1 N–H and O–H groups in total. The third-order valence-electron chi connectivity index (χ3n) is 4.93. The lowest BCUT2D eigenvalue weighted by Crippen LogP contribution is -2.33. The van der Waals surface area contributed by atoms with Crippen LogP contribution in [0.2, 0.25) is 0 Å². The maximum Gasteiger partial charge on any atom is 0.0992 e. The molecule has 2 aliphatic heterocycles. The van der Waals surface area contributed by atoms with Crippen LogP contribution in [-0.4, -0.2) is 36.2 Å². The lowest BCUT2D eigenvalue weighted by Gasteiger charge is -2.23. The van der Waals surface area contributed by atoms with Crippen molar-refractivity contribution < 1.29 is 4.74 Å². The predicted octanol–water partition coefficient (Wildman–Crippen LogP) is 3.47. The number of nitriles is 1. The Balaban J connectivity index is 1.35. The van der Waals surface area contributed by atoms with Crippen LogP contribution in [0.3, 0.4) is 0 Å². The predicted molar refractivity (Wildman–Crippen MR) is 96.1 cm³/mol. The van der Waals surface area contributed by atoms with E-state index in [1.54, 1.807) is 0 Å². The van der Waals surface area contributed by atoms with E-state index < -0.39 is 0 Å². The second-order valence-corrected chi connectivity index (χ2v) is 7.80. The van der Waals surface area contributed by atoms with E-state index in [1.165, 1.54) is 4.88 Å². The van der Waals surface area contributed by atoms with E-state index in [0.717, 1.165) is 44.8 Å². The Morgan fingerprint density at radius 2 is 2.33 bits per heavy atom. The van der Waals surface area contributed by atoms with E-state index in [2.05, 4.69) is 33.8 Å². The maximum atomic E-state index is 9.02. The fourth-order valence-corrected chi connectivity index (χ4v) is 4.57. The Morgan fingerprint density at radius 1 is 1.38 bits per heavy atom. The normalized spacial score (nSPS) is 26.7. The Bertz CT molecular complexity index is 739. The van der Waals surface area contributed by atoms with Gasteiger partial charge >= 0.3 is 0 Å². The summed E-state index contributed by atoms with van der Waals surface area (Å²) in [4.78, 5) is 3.93. The smallest absolute Gasteiger partial charge is 0.0992 e. The molecule has 4 nitrogen and oxygen atoms in total. The molecule has 0 saturated carbocycles. The molecule has 2 aromatic rings. The third kappa shape index (κ3) is 3.32. The van der Waals surface area contributed by atoms with Crippen molar-refractivity contribution in [3.63, 3.8) is 0 Å². The summed E-state index contributed by atoms with van der Waals surface area (Å²) in [6.45, 7) is 3.89. The number of nitrogens with zero attached hydrogens (tertiary/aromatic N) is 2. The zero-order chi connectivity index (χ0) is 16.4. The molecule has 0 bridgehead atoms. The van der Waals surface area contributed by atoms with Gasteiger partial charge in [0.1, 0.15) is 0 Å². The van der Waals surface area contributed by atoms with Crippen LogP contribution in [0.15, 0.2) is 41.8 Å². The monoisotopic (exact) mass is 339 g/mol. The molecule has 0 amide bonds. The van der Waals surface area contributed by atoms with Gasteiger partial charge < -0.3 is 10.1 Å². The molecule has 2 saturated heterocycles. The molecule has 0 radical (unpaired) electrons. The number of benzene rings is 1. The van der Waals surface area contributed by atoms with E-state index in [1.807, 2.05) is 35.6 Å². The van der Waals surface area contributed by atoms with Crippen molar-refractivity contribution in [1.29, 1.82) is 5.26 Å². The molecule has 1 aromatic carbocycles. The van der Waals surface area contributed by atoms with Crippen molar-refractivity contribution in [2.45, 2.75) is 31.0 Å². The van der Waals surface area contributed by atoms with Gasteiger partial charge in [-0.1, -0.05) is 12.1 Å². The molecular formula is C19H21N3OS. The van der Waals surface area contributed by atoms with Gasteiger partial charge in [-0.15, -0.1) is 11.3 Å². The van der Waals surface area contributed by atoms with Gasteiger partial charge in [-0.05, 0) is 36.1 Å². The van der Waals surface area contributed by atoms with E-state index >= 15 is 0 Å². The Morgan fingerprint density at radius 3 is 3.17 bits per heavy atom. The minimum atomic E-state index is 0.00175. The Labute approximate surface area is 146 Å². The maximum absolute atomic E-state index is 9.02. The number of likely N-dealkylation sites (tertiary alicyclic amines) is 1. The number of anilines is 1. The Hall–Kier alpha value is -1.87. The van der Waals surface area contributed by atoms with Gasteiger partial charge in [-0.3, -0.25) is 4.90 Å². The van der Waals surface area contributed by atoms with Crippen LogP contribution in [0.5, 0.6) is 0 Å². The Kier molecular flexibility index (Phi) is 4.28. The van der Waals surface area contributed by atoms with Gasteiger partial charge in [-0.2, -0.15) is 5.26 Å². The number of nitrogens with one attached hydrogen (secondary N) is 1. The highest BCUT2D eigenvalue weighted by molar-refractivity contribution is 7.09. The molecule has 1 aromatic heterocycles. The summed E-state index contributed by atoms with van der Waals surface area (Å²) in [7, 11) is 0. The zero-order valence-electron chi connectivity index (χ0n) is 13.6. The number of rotatable bonds is 4. The average molecular weight is 339 g/mol. The van der Waals surface area contributed by atoms with E-state index in [-0.39, 0.29) is 5.60 Å². The van der Waals surface area contributed by atoms with E-state index in [9.17, 15) is 0 Å². The standard InChI is InChI=1S/C19H21N3OS/c20-11-15-3-1-4-16(9-15)21-17-10-19(23-13-17)6-7-22(14-19)12-18-5-2-8-24-18/h1-5,8-9,17,21H,6-7,10,12-14H2/t17-,19-/m0/s1. The fraction of sp³-hybridized carbons (Fsp3) is 0.421. The van der Waals surface area contributed by atoms with Crippen LogP contribution in [0.4, 0.5) is 5.69 Å². The highest BCUT2D eigenvalue weighted by Crippen LogP contribution is 2.37. The lowest BCUT2D eigenvalue weighted by atomic mass is 9.97. The van der Waals surface area contributed by atoms with Crippen molar-refractivity contribution in [3.05, 3.63) is 52.2 Å². The van der Waals surface area contributed by atoms with Gasteiger partial charge in [0.15, 0.2) is 0 Å². The summed E-state index contributed by atoms with van der Waals surface area (Å²) in [5.41, 5.74) is 1.70.